The summed E-state index contributed by atoms with van der Waals surface area (Å²) >= 11 is 0. The summed E-state index contributed by atoms with van der Waals surface area (Å²) in [6.07, 6.45) is 10.8. The maximum Gasteiger partial charge on any atom is -0.00170 e. The van der Waals surface area contributed by atoms with E-state index in [1.54, 1.807) is 5.57 Å². The van der Waals surface area contributed by atoms with Gasteiger partial charge in [-0.3, -0.25) is 0 Å². The fourth-order valence-electron chi connectivity index (χ4n) is 2.96. The van der Waals surface area contributed by atoms with Gasteiger partial charge in [0.05, 0.1) is 0 Å². The minimum atomic E-state index is -0.471. The normalized spacial score (nSPS) is 14.8. The zero-order valence-corrected chi connectivity index (χ0v) is 13.3. The van der Waals surface area contributed by atoms with Crippen LogP contribution in [-0.4, -0.2) is 24.5 Å². The zero-order valence-electron chi connectivity index (χ0n) is 12.5. The lowest BCUT2D eigenvalue weighted by atomic mass is 9.97. The topological polar surface area (TPSA) is 0 Å². The van der Waals surface area contributed by atoms with E-state index in [0.29, 0.717) is 0 Å². The molecule has 1 heteroatoms. The van der Waals surface area contributed by atoms with Crippen molar-refractivity contribution in [1.82, 2.24) is 0 Å². The summed E-state index contributed by atoms with van der Waals surface area (Å²) in [6.45, 7) is 0. The van der Waals surface area contributed by atoms with Gasteiger partial charge in [0, 0.05) is 0 Å². The first kappa shape index (κ1) is 13.5. The van der Waals surface area contributed by atoms with Gasteiger partial charge in [0.25, 0.3) is 0 Å². The molecule has 1 aliphatic rings. The van der Waals surface area contributed by atoms with Gasteiger partial charge in [-0.05, 0) is 53.2 Å². The molecule has 0 unspecified atom stereocenters. The predicted octanol–water partition coefficient (Wildman–Crippen LogP) is 4.99. The molecule has 0 saturated heterocycles. The van der Waals surface area contributed by atoms with Crippen molar-refractivity contribution < 1.29 is 0 Å². The minimum Gasteiger partial charge on any atom is -0.246 e. The van der Waals surface area contributed by atoms with Gasteiger partial charge in [-0.15, -0.1) is 0 Å². The molecule has 2 aromatic rings. The molecule has 0 nitrogen and oxygen atoms in total. The van der Waals surface area contributed by atoms with E-state index in [1.807, 2.05) is 0 Å². The van der Waals surface area contributed by atoms with Gasteiger partial charge in [0.1, 0.15) is 0 Å². The highest BCUT2D eigenvalue weighted by atomic mass is 32.3. The highest BCUT2D eigenvalue weighted by molar-refractivity contribution is 8.32. The molecule has 0 N–H and O–H groups in total. The fraction of sp³-hybridized carbons (Fsp3) is 0.263. The molecule has 0 bridgehead atoms. The van der Waals surface area contributed by atoms with Crippen molar-refractivity contribution in [2.45, 2.75) is 6.42 Å². The van der Waals surface area contributed by atoms with Crippen molar-refractivity contribution in [1.29, 1.82) is 0 Å². The van der Waals surface area contributed by atoms with Crippen LogP contribution in [0.4, 0.5) is 0 Å². The highest BCUT2D eigenvalue weighted by Gasteiger charge is 2.18. The zero-order chi connectivity index (χ0) is 14.2. The van der Waals surface area contributed by atoms with Crippen molar-refractivity contribution in [3.05, 3.63) is 65.2 Å². The third-order valence-corrected chi connectivity index (χ3v) is 4.90. The first-order chi connectivity index (χ1) is 9.53. The molecule has 0 amide bonds. The van der Waals surface area contributed by atoms with Crippen LogP contribution in [0.15, 0.2) is 54.1 Å². The van der Waals surface area contributed by atoms with Crippen LogP contribution < -0.4 is 0 Å². The van der Waals surface area contributed by atoms with Crippen molar-refractivity contribution >= 4 is 16.1 Å². The Bertz CT molecular complexity index is 645. The molecule has 0 atom stereocenters. The molecule has 20 heavy (non-hydrogen) atoms. The molecule has 1 aliphatic carbocycles. The SMILES string of the molecule is CS(C)(C)CC1=Cc2c(cccc2-c2ccccc2)C1. The Kier molecular flexibility index (Phi) is 3.47. The van der Waals surface area contributed by atoms with Crippen molar-refractivity contribution in [3.8, 4) is 11.1 Å². The Labute approximate surface area is 123 Å². The van der Waals surface area contributed by atoms with E-state index >= 15 is 0 Å². The van der Waals surface area contributed by atoms with Crippen LogP contribution in [0.2, 0.25) is 0 Å². The second-order valence-electron chi connectivity index (χ2n) is 6.46. The van der Waals surface area contributed by atoms with Crippen molar-refractivity contribution in [2.24, 2.45) is 0 Å². The largest absolute Gasteiger partial charge is 0.246 e. The average Bonchev–Trinajstić information content (AvgIpc) is 2.79. The number of rotatable bonds is 3. The van der Waals surface area contributed by atoms with Gasteiger partial charge in [0.2, 0.25) is 0 Å². The lowest BCUT2D eigenvalue weighted by Gasteiger charge is -2.25. The van der Waals surface area contributed by atoms with Crippen molar-refractivity contribution in [3.63, 3.8) is 0 Å². The molecule has 0 radical (unpaired) electrons. The van der Waals surface area contributed by atoms with Crippen LogP contribution in [-0.2, 0) is 6.42 Å². The summed E-state index contributed by atoms with van der Waals surface area (Å²) in [5.41, 5.74) is 7.24. The lowest BCUT2D eigenvalue weighted by molar-refractivity contribution is 1.20. The number of hydrogen-bond donors (Lipinski definition) is 0. The van der Waals surface area contributed by atoms with Crippen LogP contribution in [0.5, 0.6) is 0 Å². The molecule has 104 valence electrons. The summed E-state index contributed by atoms with van der Waals surface area (Å²) < 4.78 is 0. The molecular formula is C19H22S. The second-order valence-corrected chi connectivity index (χ2v) is 10.9. The summed E-state index contributed by atoms with van der Waals surface area (Å²) in [5, 5.41) is 0. The number of benzene rings is 2. The molecule has 0 fully saturated rings. The van der Waals surface area contributed by atoms with E-state index < -0.39 is 10.0 Å². The predicted molar refractivity (Wildman–Crippen MR) is 93.8 cm³/mol. The third-order valence-electron chi connectivity index (χ3n) is 3.67. The van der Waals surface area contributed by atoms with Gasteiger partial charge >= 0.3 is 0 Å². The smallest absolute Gasteiger partial charge is 0.00170 e. The first-order valence-electron chi connectivity index (χ1n) is 7.06. The molecule has 0 spiro atoms. The third kappa shape index (κ3) is 2.83. The summed E-state index contributed by atoms with van der Waals surface area (Å²) in [7, 11) is -0.471. The molecule has 0 saturated carbocycles. The Hall–Kier alpha value is -1.47. The Morgan fingerprint density at radius 2 is 1.65 bits per heavy atom. The van der Waals surface area contributed by atoms with E-state index in [2.05, 4.69) is 73.4 Å². The van der Waals surface area contributed by atoms with E-state index in [-0.39, 0.29) is 0 Å². The van der Waals surface area contributed by atoms with Crippen LogP contribution in [0.3, 0.4) is 0 Å². The Morgan fingerprint density at radius 3 is 2.35 bits per heavy atom. The average molecular weight is 282 g/mol. The van der Waals surface area contributed by atoms with E-state index in [1.165, 1.54) is 28.0 Å². The standard InChI is InChI=1S/C19H22S/c1-20(2,3)14-15-12-17-10-7-11-18(19(17)13-15)16-8-5-4-6-9-16/h4-11,13H,12,14H2,1-3H3. The molecule has 3 rings (SSSR count). The number of fused-ring (bicyclic) bond motifs is 1. The maximum atomic E-state index is 2.44. The number of hydrogen-bond acceptors (Lipinski definition) is 0. The fourth-order valence-corrected chi connectivity index (χ4v) is 4.25. The van der Waals surface area contributed by atoms with Gasteiger partial charge in [-0.2, -0.15) is 0 Å². The van der Waals surface area contributed by atoms with E-state index in [0.717, 1.165) is 6.42 Å². The van der Waals surface area contributed by atoms with Gasteiger partial charge < -0.3 is 0 Å². The molecule has 0 aromatic heterocycles. The molecule has 0 aliphatic heterocycles. The van der Waals surface area contributed by atoms with Gasteiger partial charge in [-0.25, -0.2) is 10.0 Å². The van der Waals surface area contributed by atoms with Crippen LogP contribution in [0.25, 0.3) is 17.2 Å². The maximum absolute atomic E-state index is 2.44. The molecule has 2 aromatic carbocycles. The summed E-state index contributed by atoms with van der Waals surface area (Å²) in [4.78, 5) is 0. The lowest BCUT2D eigenvalue weighted by Crippen LogP contribution is -2.01. The van der Waals surface area contributed by atoms with Gasteiger partial charge in [-0.1, -0.05) is 60.2 Å². The van der Waals surface area contributed by atoms with Crippen LogP contribution in [0, 0.1) is 0 Å². The van der Waals surface area contributed by atoms with Crippen LogP contribution >= 0.6 is 10.0 Å². The minimum absolute atomic E-state index is 0.471. The summed E-state index contributed by atoms with van der Waals surface area (Å²) in [6, 6.07) is 17.5. The highest BCUT2D eigenvalue weighted by Crippen LogP contribution is 2.42. The van der Waals surface area contributed by atoms with Crippen LogP contribution in [0.1, 0.15) is 11.1 Å². The summed E-state index contributed by atoms with van der Waals surface area (Å²) in [5.74, 6) is 1.26. The Balaban J connectivity index is 2.00. The monoisotopic (exact) mass is 282 g/mol. The molecular weight excluding hydrogens is 260 g/mol. The van der Waals surface area contributed by atoms with Gasteiger partial charge in [0.15, 0.2) is 0 Å². The van der Waals surface area contributed by atoms with Crippen molar-refractivity contribution in [2.75, 3.05) is 24.5 Å². The quantitative estimate of drug-likeness (QED) is 0.744. The first-order valence-corrected chi connectivity index (χ1v) is 10.1. The van der Waals surface area contributed by atoms with E-state index in [4.69, 9.17) is 0 Å². The Morgan fingerprint density at radius 1 is 0.900 bits per heavy atom. The van der Waals surface area contributed by atoms with E-state index in [9.17, 15) is 0 Å². The second kappa shape index (κ2) is 5.14. The molecule has 0 heterocycles.